The standard InChI is InChI=1S/C23H23F2N7O/c1-26-21-10-18-19(12-27-21)29-22(14-11-28-31(2)13-14)23(30-18)32-7-5-16(6-8-32)33-20-4-3-15(24)9-17(20)25/h3-4,9-13,16H,5-8H2,1-2H3,(H,26,27). The second-order valence-electron chi connectivity index (χ2n) is 7.99. The van der Waals surface area contributed by atoms with Crippen LogP contribution in [-0.4, -0.2) is 51.0 Å². The molecule has 33 heavy (non-hydrogen) atoms. The zero-order chi connectivity index (χ0) is 22.9. The van der Waals surface area contributed by atoms with E-state index in [1.54, 1.807) is 24.1 Å². The van der Waals surface area contributed by atoms with E-state index in [1.807, 2.05) is 19.3 Å². The van der Waals surface area contributed by atoms with Crippen molar-refractivity contribution in [2.75, 3.05) is 30.4 Å². The molecule has 0 bridgehead atoms. The van der Waals surface area contributed by atoms with E-state index in [1.165, 1.54) is 12.1 Å². The van der Waals surface area contributed by atoms with Gasteiger partial charge in [0.05, 0.1) is 17.9 Å². The van der Waals surface area contributed by atoms with E-state index in [9.17, 15) is 8.78 Å². The van der Waals surface area contributed by atoms with Gasteiger partial charge in [-0.2, -0.15) is 5.10 Å². The summed E-state index contributed by atoms with van der Waals surface area (Å²) in [6, 6.07) is 5.24. The zero-order valence-corrected chi connectivity index (χ0v) is 18.3. The van der Waals surface area contributed by atoms with Gasteiger partial charge in [0.2, 0.25) is 0 Å². The van der Waals surface area contributed by atoms with Gasteiger partial charge in [0.25, 0.3) is 0 Å². The highest BCUT2D eigenvalue weighted by atomic mass is 19.1. The molecule has 1 N–H and O–H groups in total. The molecule has 0 atom stereocenters. The van der Waals surface area contributed by atoms with Crippen molar-refractivity contribution in [2.24, 2.45) is 7.05 Å². The number of hydrogen-bond acceptors (Lipinski definition) is 7. The Hall–Kier alpha value is -3.82. The van der Waals surface area contributed by atoms with Gasteiger partial charge in [-0.25, -0.2) is 23.7 Å². The second-order valence-corrected chi connectivity index (χ2v) is 7.99. The maximum atomic E-state index is 14.0. The van der Waals surface area contributed by atoms with Crippen molar-refractivity contribution in [3.8, 4) is 17.0 Å². The molecule has 5 rings (SSSR count). The number of benzene rings is 1. The Morgan fingerprint density at radius 3 is 2.58 bits per heavy atom. The van der Waals surface area contributed by atoms with E-state index in [4.69, 9.17) is 14.7 Å². The number of pyridine rings is 1. The average molecular weight is 451 g/mol. The smallest absolute Gasteiger partial charge is 0.167 e. The summed E-state index contributed by atoms with van der Waals surface area (Å²) in [5, 5.41) is 7.31. The van der Waals surface area contributed by atoms with Gasteiger partial charge >= 0.3 is 0 Å². The van der Waals surface area contributed by atoms with Gasteiger partial charge in [-0.05, 0) is 12.1 Å². The molecule has 1 aliphatic heterocycles. The molecule has 1 fully saturated rings. The molecule has 4 aromatic rings. The summed E-state index contributed by atoms with van der Waals surface area (Å²) < 4.78 is 34.7. The largest absolute Gasteiger partial charge is 0.487 e. The van der Waals surface area contributed by atoms with Crippen molar-refractivity contribution in [1.29, 1.82) is 0 Å². The van der Waals surface area contributed by atoms with Crippen LogP contribution in [0, 0.1) is 11.6 Å². The predicted octanol–water partition coefficient (Wildman–Crippen LogP) is 3.79. The van der Waals surface area contributed by atoms with E-state index in [0.717, 1.165) is 28.7 Å². The maximum Gasteiger partial charge on any atom is 0.167 e. The van der Waals surface area contributed by atoms with Crippen molar-refractivity contribution < 1.29 is 13.5 Å². The molecule has 0 amide bonds. The summed E-state index contributed by atoms with van der Waals surface area (Å²) in [7, 11) is 3.66. The predicted molar refractivity (Wildman–Crippen MR) is 121 cm³/mol. The summed E-state index contributed by atoms with van der Waals surface area (Å²) in [4.78, 5) is 16.3. The van der Waals surface area contributed by atoms with Gasteiger partial charge in [-0.1, -0.05) is 0 Å². The number of fused-ring (bicyclic) bond motifs is 1. The fourth-order valence-electron chi connectivity index (χ4n) is 3.98. The number of hydrogen-bond donors (Lipinski definition) is 1. The number of nitrogens with zero attached hydrogens (tertiary/aromatic N) is 6. The molecular formula is C23H23F2N7O. The monoisotopic (exact) mass is 451 g/mol. The van der Waals surface area contributed by atoms with Crippen molar-refractivity contribution in [3.05, 3.63) is 54.5 Å². The number of ether oxygens (including phenoxy) is 1. The van der Waals surface area contributed by atoms with Crippen molar-refractivity contribution in [1.82, 2.24) is 24.7 Å². The number of piperidine rings is 1. The molecule has 3 aromatic heterocycles. The van der Waals surface area contributed by atoms with Gasteiger partial charge in [-0.3, -0.25) is 4.68 Å². The highest BCUT2D eigenvalue weighted by Crippen LogP contribution is 2.32. The van der Waals surface area contributed by atoms with Crippen LogP contribution in [0.4, 0.5) is 20.4 Å². The number of anilines is 2. The third-order valence-electron chi connectivity index (χ3n) is 5.70. The zero-order valence-electron chi connectivity index (χ0n) is 18.3. The minimum atomic E-state index is -0.689. The minimum Gasteiger partial charge on any atom is -0.487 e. The molecule has 1 aliphatic rings. The van der Waals surface area contributed by atoms with Crippen molar-refractivity contribution in [3.63, 3.8) is 0 Å². The molecule has 0 spiro atoms. The Morgan fingerprint density at radius 2 is 1.88 bits per heavy atom. The van der Waals surface area contributed by atoms with Crippen LogP contribution >= 0.6 is 0 Å². The van der Waals surface area contributed by atoms with Crippen LogP contribution in [0.1, 0.15) is 12.8 Å². The molecule has 170 valence electrons. The highest BCUT2D eigenvalue weighted by molar-refractivity contribution is 5.84. The lowest BCUT2D eigenvalue weighted by atomic mass is 10.1. The van der Waals surface area contributed by atoms with Gasteiger partial charge in [-0.15, -0.1) is 0 Å². The number of aryl methyl sites for hydroxylation is 1. The first-order chi connectivity index (χ1) is 16.0. The third kappa shape index (κ3) is 4.28. The Labute approximate surface area is 189 Å². The van der Waals surface area contributed by atoms with Crippen molar-refractivity contribution in [2.45, 2.75) is 18.9 Å². The first-order valence-electron chi connectivity index (χ1n) is 10.7. The lowest BCUT2D eigenvalue weighted by Crippen LogP contribution is -2.39. The molecule has 4 heterocycles. The van der Waals surface area contributed by atoms with Crippen LogP contribution in [0.25, 0.3) is 22.3 Å². The maximum absolute atomic E-state index is 14.0. The molecule has 0 unspecified atom stereocenters. The first-order valence-corrected chi connectivity index (χ1v) is 10.7. The Bertz CT molecular complexity index is 1300. The Balaban J connectivity index is 1.42. The molecule has 8 nitrogen and oxygen atoms in total. The van der Waals surface area contributed by atoms with E-state index >= 15 is 0 Å². The fraction of sp³-hybridized carbons (Fsp3) is 0.304. The van der Waals surface area contributed by atoms with Gasteiger partial charge < -0.3 is 15.0 Å². The van der Waals surface area contributed by atoms with Crippen LogP contribution in [-0.2, 0) is 7.05 Å². The Morgan fingerprint density at radius 1 is 1.06 bits per heavy atom. The molecule has 1 saturated heterocycles. The normalized spacial score (nSPS) is 14.6. The Kier molecular flexibility index (Phi) is 5.49. The van der Waals surface area contributed by atoms with Crippen LogP contribution in [0.5, 0.6) is 5.75 Å². The molecule has 10 heteroatoms. The number of aromatic nitrogens is 5. The quantitative estimate of drug-likeness (QED) is 0.494. The van der Waals surface area contributed by atoms with E-state index in [0.29, 0.717) is 37.3 Å². The minimum absolute atomic E-state index is 0.0727. The van der Waals surface area contributed by atoms with Gasteiger partial charge in [0, 0.05) is 63.9 Å². The van der Waals surface area contributed by atoms with Crippen LogP contribution in [0.2, 0.25) is 0 Å². The SMILES string of the molecule is CNc1cc2nc(N3CCC(Oc4ccc(F)cc4F)CC3)c(-c3cnn(C)c3)nc2cn1. The average Bonchev–Trinajstić information content (AvgIpc) is 3.26. The molecule has 1 aromatic carbocycles. The topological polar surface area (TPSA) is 81.0 Å². The van der Waals surface area contributed by atoms with Gasteiger partial charge in [0.1, 0.15) is 28.9 Å². The van der Waals surface area contributed by atoms with E-state index < -0.39 is 11.6 Å². The lowest BCUT2D eigenvalue weighted by Gasteiger charge is -2.33. The van der Waals surface area contributed by atoms with Crippen LogP contribution in [0.15, 0.2) is 42.9 Å². The number of rotatable bonds is 5. The number of nitrogens with one attached hydrogen (secondary N) is 1. The molecule has 0 saturated carbocycles. The highest BCUT2D eigenvalue weighted by Gasteiger charge is 2.26. The summed E-state index contributed by atoms with van der Waals surface area (Å²) in [6.07, 6.45) is 6.54. The van der Waals surface area contributed by atoms with Crippen molar-refractivity contribution >= 4 is 22.7 Å². The van der Waals surface area contributed by atoms with E-state index in [-0.39, 0.29) is 11.9 Å². The fourth-order valence-corrected chi connectivity index (χ4v) is 3.98. The first kappa shape index (κ1) is 21.0. The second kappa shape index (κ2) is 8.61. The molecule has 0 radical (unpaired) electrons. The third-order valence-corrected chi connectivity index (χ3v) is 5.70. The number of halogens is 2. The summed E-state index contributed by atoms with van der Waals surface area (Å²) in [6.45, 7) is 1.32. The summed E-state index contributed by atoms with van der Waals surface area (Å²) >= 11 is 0. The summed E-state index contributed by atoms with van der Waals surface area (Å²) in [5.41, 5.74) is 3.04. The van der Waals surface area contributed by atoms with Crippen LogP contribution in [0.3, 0.4) is 0 Å². The molecule has 0 aliphatic carbocycles. The lowest BCUT2D eigenvalue weighted by molar-refractivity contribution is 0.163. The van der Waals surface area contributed by atoms with E-state index in [2.05, 4.69) is 20.3 Å². The summed E-state index contributed by atoms with van der Waals surface area (Å²) in [5.74, 6) is 0.235. The molecular weight excluding hydrogens is 428 g/mol. The van der Waals surface area contributed by atoms with Crippen LogP contribution < -0.4 is 15.0 Å². The van der Waals surface area contributed by atoms with Gasteiger partial charge in [0.15, 0.2) is 17.4 Å².